The summed E-state index contributed by atoms with van der Waals surface area (Å²) in [6.07, 6.45) is 7.33. The largest absolute Gasteiger partial charge is 4.00 e. The Balaban J connectivity index is -0.0000000804. The molecule has 0 aliphatic heterocycles. The summed E-state index contributed by atoms with van der Waals surface area (Å²) in [6, 6.07) is 0. The van der Waals surface area contributed by atoms with E-state index in [1.807, 2.05) is 0 Å². The van der Waals surface area contributed by atoms with Gasteiger partial charge in [-0.05, 0) is 107 Å². The van der Waals surface area contributed by atoms with Crippen LogP contribution in [0.15, 0.2) is 0 Å². The van der Waals surface area contributed by atoms with Crippen molar-refractivity contribution in [2.45, 2.75) is 202 Å². The first-order valence-corrected chi connectivity index (χ1v) is 28.8. The molecule has 0 amide bonds. The quantitative estimate of drug-likeness (QED) is 0.0490. The summed E-state index contributed by atoms with van der Waals surface area (Å²) in [5.74, 6) is -20.2. The van der Waals surface area contributed by atoms with Gasteiger partial charge in [0, 0.05) is 0 Å². The molecule has 0 rings (SSSR count). The molecular weight excluding hydrogens is 1360 g/mol. The molecule has 0 N–H and O–H groups in total. The fourth-order valence-corrected chi connectivity index (χ4v) is 6.84. The second-order valence-corrected chi connectivity index (χ2v) is 19.4. The molecule has 482 valence electrons. The van der Waals surface area contributed by atoms with E-state index in [0.717, 1.165) is 13.2 Å². The zero-order valence-electron chi connectivity index (χ0n) is 52.6. The SMILES string of the molecule is CCC(C(C)=O)C(=O)[O-].CCC(C(C)=O)C(=O)[O-].CCC(C(C)=O)C(=O)[O-].CCC(C(C)=O)C(=O)[O-].CCC(C(C)=O)C(=O)[O-].CCC(C(C)=O)C(=O)[O-].CCC(C(C)=O)C(=O)[O-].CCC(C(C)=O)C(=O)[O-].CCCC[O][Zr][O]CCCC.[Zr+4].[Zr+4]. The number of carbonyl (C=O) groups excluding carboxylic acids is 16. The number of carboxylic acid groups (broad SMARTS) is 8. The molecule has 8 unspecified atom stereocenters. The van der Waals surface area contributed by atoms with Crippen molar-refractivity contribution < 1.29 is 200 Å². The van der Waals surface area contributed by atoms with Gasteiger partial charge in [0.05, 0.1) is 95.1 Å². The topological polar surface area (TPSA) is 476 Å². The number of rotatable bonds is 32. The van der Waals surface area contributed by atoms with E-state index < -0.39 is 119 Å². The van der Waals surface area contributed by atoms with E-state index in [9.17, 15) is 118 Å². The van der Waals surface area contributed by atoms with Gasteiger partial charge >= 0.3 is 135 Å². The Morgan fingerprint density at radius 1 is 0.259 bits per heavy atom. The summed E-state index contributed by atoms with van der Waals surface area (Å²) in [5.41, 5.74) is 0. The Morgan fingerprint density at radius 3 is 0.412 bits per heavy atom. The van der Waals surface area contributed by atoms with Crippen LogP contribution in [0.3, 0.4) is 0 Å². The van der Waals surface area contributed by atoms with Crippen LogP contribution < -0.4 is 40.9 Å². The minimum Gasteiger partial charge on any atom is 4.00 e. The summed E-state index contributed by atoms with van der Waals surface area (Å²) in [5, 5.41) is 80.3. The van der Waals surface area contributed by atoms with E-state index in [4.69, 9.17) is 5.63 Å². The first-order chi connectivity index (χ1) is 38.1. The Kier molecular flexibility index (Phi) is 85.4. The first-order valence-electron chi connectivity index (χ1n) is 26.8. The van der Waals surface area contributed by atoms with E-state index in [0.29, 0.717) is 51.4 Å². The summed E-state index contributed by atoms with van der Waals surface area (Å²) in [7, 11) is 0. The molecule has 0 aromatic carbocycles. The minimum atomic E-state index is -1.27. The Labute approximate surface area is 551 Å². The number of carboxylic acids is 8. The summed E-state index contributed by atoms with van der Waals surface area (Å²) in [6.45, 7) is 29.3. The number of hydrogen-bond acceptors (Lipinski definition) is 26. The van der Waals surface area contributed by atoms with Gasteiger partial charge in [0.2, 0.25) is 0 Å². The Hall–Kier alpha value is -4.31. The monoisotopic (exact) mass is 1450 g/mol. The van der Waals surface area contributed by atoms with Crippen molar-refractivity contribution in [1.82, 2.24) is 0 Å². The molecule has 0 fully saturated rings. The van der Waals surface area contributed by atoms with E-state index >= 15 is 0 Å². The van der Waals surface area contributed by atoms with E-state index in [1.165, 1.54) is 81.1 Å². The van der Waals surface area contributed by atoms with Crippen molar-refractivity contribution in [3.63, 3.8) is 0 Å². The van der Waals surface area contributed by atoms with Gasteiger partial charge in [-0.25, -0.2) is 0 Å². The number of aliphatic carboxylic acids is 8. The van der Waals surface area contributed by atoms with E-state index in [2.05, 4.69) is 13.8 Å². The third-order valence-corrected chi connectivity index (χ3v) is 12.4. The van der Waals surface area contributed by atoms with Gasteiger partial charge in [-0.2, -0.15) is 0 Å². The smallest absolute Gasteiger partial charge is 4.00 e. The molecule has 29 heteroatoms. The first kappa shape index (κ1) is 106. The molecule has 8 atom stereocenters. The summed E-state index contributed by atoms with van der Waals surface area (Å²) in [4.78, 5) is 163. The minimum absolute atomic E-state index is 0. The van der Waals surface area contributed by atoms with Crippen LogP contribution in [0.2, 0.25) is 0 Å². The molecular formula is C56H90O26Zr3. The van der Waals surface area contributed by atoms with Crippen LogP contribution in [-0.4, -0.2) is 107 Å². The maximum absolute atomic E-state index is 10.4. The van der Waals surface area contributed by atoms with Crippen LogP contribution >= 0.6 is 0 Å². The molecule has 0 saturated heterocycles. The Bertz CT molecular complexity index is 1470. The van der Waals surface area contributed by atoms with Gasteiger partial charge in [0.1, 0.15) is 46.3 Å². The normalized spacial score (nSPS) is 12.0. The van der Waals surface area contributed by atoms with Crippen LogP contribution in [0.1, 0.15) is 202 Å². The van der Waals surface area contributed by atoms with Gasteiger partial charge in [-0.15, -0.1) is 0 Å². The molecule has 0 aromatic heterocycles. The van der Waals surface area contributed by atoms with Crippen LogP contribution in [0.25, 0.3) is 0 Å². The molecule has 0 bridgehead atoms. The van der Waals surface area contributed by atoms with Gasteiger partial charge < -0.3 is 79.2 Å². The van der Waals surface area contributed by atoms with Crippen molar-refractivity contribution in [3.05, 3.63) is 0 Å². The molecule has 0 spiro atoms. The molecule has 0 radical (unpaired) electrons. The van der Waals surface area contributed by atoms with Gasteiger partial charge in [0.25, 0.3) is 0 Å². The zero-order chi connectivity index (χ0) is 67.9. The second-order valence-electron chi connectivity index (χ2n) is 17.6. The summed E-state index contributed by atoms with van der Waals surface area (Å²) >= 11 is -0.876. The van der Waals surface area contributed by atoms with E-state index in [1.54, 1.807) is 55.4 Å². The van der Waals surface area contributed by atoms with Gasteiger partial charge in [0.15, 0.2) is 0 Å². The molecule has 26 nitrogen and oxygen atoms in total. The standard InChI is InChI=1S/8C6H10O3.2C4H9O.3Zr/c8*1-3-5(4(2)7)6(8)9;2*1-2-3-4-5;;;/h8*5H,3H2,1-2H3,(H,8,9);2*2-4H2,1H3;;;/q;;;;;;;;2*-1;+2;2*+4/p-8. The maximum atomic E-state index is 10.4. The van der Waals surface area contributed by atoms with Crippen molar-refractivity contribution >= 4 is 94.0 Å². The predicted molar refractivity (Wildman–Crippen MR) is 277 cm³/mol. The average molecular weight is 1450 g/mol. The van der Waals surface area contributed by atoms with Crippen molar-refractivity contribution in [1.29, 1.82) is 0 Å². The van der Waals surface area contributed by atoms with Crippen molar-refractivity contribution in [3.8, 4) is 0 Å². The zero-order valence-corrected chi connectivity index (χ0v) is 60.0. The fraction of sp³-hybridized carbons (Fsp3) is 0.714. The molecule has 0 aromatic rings. The Morgan fingerprint density at radius 2 is 0.365 bits per heavy atom. The van der Waals surface area contributed by atoms with Gasteiger partial charge in [-0.1, -0.05) is 55.4 Å². The number of Topliss-reactive ketones (excluding diaryl/α,β-unsaturated/α-hetero) is 8. The van der Waals surface area contributed by atoms with Gasteiger partial charge in [-0.3, -0.25) is 38.4 Å². The number of carbonyl (C=O) groups is 16. The summed E-state index contributed by atoms with van der Waals surface area (Å²) < 4.78 is 10.7. The average Bonchev–Trinajstić information content (AvgIpc) is 3.32. The molecule has 0 aliphatic rings. The van der Waals surface area contributed by atoms with Crippen molar-refractivity contribution in [2.75, 3.05) is 13.2 Å². The second kappa shape index (κ2) is 68.8. The third kappa shape index (κ3) is 68.7. The number of hydrogen-bond donors (Lipinski definition) is 0. The molecule has 0 heterocycles. The van der Waals surface area contributed by atoms with Crippen LogP contribution in [0.4, 0.5) is 0 Å². The van der Waals surface area contributed by atoms with Crippen molar-refractivity contribution in [2.24, 2.45) is 47.3 Å². The molecule has 85 heavy (non-hydrogen) atoms. The van der Waals surface area contributed by atoms with E-state index in [-0.39, 0.29) is 98.7 Å². The van der Waals surface area contributed by atoms with Crippen LogP contribution in [0.5, 0.6) is 0 Å². The number of ketones is 8. The van der Waals surface area contributed by atoms with Crippen LogP contribution in [-0.2, 0) is 159 Å². The predicted octanol–water partition coefficient (Wildman–Crippen LogP) is -2.66. The number of unbranched alkanes of at least 4 members (excludes halogenated alkanes) is 2. The molecule has 0 saturated carbocycles. The maximum Gasteiger partial charge on any atom is 4.00 e. The third-order valence-electron chi connectivity index (χ3n) is 10.8. The van der Waals surface area contributed by atoms with Crippen LogP contribution in [0, 0.1) is 47.3 Å². The molecule has 0 aliphatic carbocycles. The fourth-order valence-electron chi connectivity index (χ4n) is 5.52.